The lowest BCUT2D eigenvalue weighted by atomic mass is 9.93. The van der Waals surface area contributed by atoms with Gasteiger partial charge in [0.15, 0.2) is 0 Å². The Hall–Kier alpha value is -3.35. The summed E-state index contributed by atoms with van der Waals surface area (Å²) in [6, 6.07) is 16.5. The van der Waals surface area contributed by atoms with E-state index in [1.165, 1.54) is 11.1 Å². The van der Waals surface area contributed by atoms with Crippen molar-refractivity contribution in [2.75, 3.05) is 31.6 Å². The number of carbonyl (C=O) groups excluding carboxylic acids is 1. The third kappa shape index (κ3) is 4.00. The SMILES string of the molecule is COc1ccc(-c2noc(N3CCC(C(=O)N4CCc5ccccc5C4)CC3)n2)cc1. The van der Waals surface area contributed by atoms with Crippen molar-refractivity contribution in [2.24, 2.45) is 5.92 Å². The van der Waals surface area contributed by atoms with Crippen molar-refractivity contribution in [3.8, 4) is 17.1 Å². The van der Waals surface area contributed by atoms with E-state index >= 15 is 0 Å². The summed E-state index contributed by atoms with van der Waals surface area (Å²) in [4.78, 5) is 21.8. The molecule has 3 aromatic rings. The average Bonchev–Trinajstić information content (AvgIpc) is 3.34. The van der Waals surface area contributed by atoms with Gasteiger partial charge in [-0.05, 0) is 54.7 Å². The normalized spacial score (nSPS) is 16.8. The molecule has 1 fully saturated rings. The van der Waals surface area contributed by atoms with Gasteiger partial charge in [-0.15, -0.1) is 0 Å². The largest absolute Gasteiger partial charge is 0.497 e. The standard InChI is InChI=1S/C24H26N4O3/c1-30-21-8-6-18(7-9-21)22-25-24(31-26-22)27-13-11-19(12-14-27)23(29)28-15-10-17-4-2-3-5-20(17)16-28/h2-9,19H,10-16H2,1H3. The number of amides is 1. The number of hydrogen-bond acceptors (Lipinski definition) is 6. The Morgan fingerprint density at radius 3 is 2.52 bits per heavy atom. The molecule has 2 aliphatic heterocycles. The molecule has 3 heterocycles. The fourth-order valence-electron chi connectivity index (χ4n) is 4.46. The predicted molar refractivity (Wildman–Crippen MR) is 117 cm³/mol. The van der Waals surface area contributed by atoms with Gasteiger partial charge in [-0.1, -0.05) is 29.4 Å². The summed E-state index contributed by atoms with van der Waals surface area (Å²) in [6.45, 7) is 3.02. The molecule has 1 saturated heterocycles. The van der Waals surface area contributed by atoms with E-state index in [2.05, 4.69) is 39.3 Å². The molecule has 1 aromatic heterocycles. The van der Waals surface area contributed by atoms with Gasteiger partial charge in [0.05, 0.1) is 7.11 Å². The molecule has 160 valence electrons. The lowest BCUT2D eigenvalue weighted by Crippen LogP contribution is -2.44. The minimum atomic E-state index is 0.0606. The van der Waals surface area contributed by atoms with Gasteiger partial charge in [-0.3, -0.25) is 4.79 Å². The zero-order valence-electron chi connectivity index (χ0n) is 17.7. The van der Waals surface area contributed by atoms with Crippen molar-refractivity contribution in [3.05, 3.63) is 59.7 Å². The second-order valence-corrected chi connectivity index (χ2v) is 8.17. The Labute approximate surface area is 181 Å². The van der Waals surface area contributed by atoms with Crippen molar-refractivity contribution >= 4 is 11.9 Å². The Kier molecular flexibility index (Phi) is 5.32. The number of fused-ring (bicyclic) bond motifs is 1. The molecular formula is C24H26N4O3. The van der Waals surface area contributed by atoms with Gasteiger partial charge in [0.2, 0.25) is 11.7 Å². The molecule has 1 amide bonds. The Morgan fingerprint density at radius 1 is 1.03 bits per heavy atom. The molecule has 0 saturated carbocycles. The van der Waals surface area contributed by atoms with Crippen LogP contribution in [0, 0.1) is 5.92 Å². The van der Waals surface area contributed by atoms with Gasteiger partial charge >= 0.3 is 6.01 Å². The molecule has 0 radical (unpaired) electrons. The van der Waals surface area contributed by atoms with E-state index < -0.39 is 0 Å². The number of piperidine rings is 1. The van der Waals surface area contributed by atoms with Crippen LogP contribution in [-0.2, 0) is 17.8 Å². The number of aromatic nitrogens is 2. The maximum absolute atomic E-state index is 13.1. The first-order valence-corrected chi connectivity index (χ1v) is 10.8. The molecule has 0 N–H and O–H groups in total. The van der Waals surface area contributed by atoms with E-state index in [9.17, 15) is 4.79 Å². The van der Waals surface area contributed by atoms with E-state index in [-0.39, 0.29) is 11.8 Å². The summed E-state index contributed by atoms with van der Waals surface area (Å²) < 4.78 is 10.7. The van der Waals surface area contributed by atoms with Crippen LogP contribution in [0.2, 0.25) is 0 Å². The van der Waals surface area contributed by atoms with Crippen LogP contribution in [0.5, 0.6) is 5.75 Å². The molecule has 7 nitrogen and oxygen atoms in total. The number of ether oxygens (including phenoxy) is 1. The van der Waals surface area contributed by atoms with Crippen LogP contribution < -0.4 is 9.64 Å². The predicted octanol–water partition coefficient (Wildman–Crippen LogP) is 3.55. The minimum Gasteiger partial charge on any atom is -0.497 e. The molecule has 0 spiro atoms. The van der Waals surface area contributed by atoms with Crippen LogP contribution in [0.4, 0.5) is 6.01 Å². The Balaban J connectivity index is 1.19. The highest BCUT2D eigenvalue weighted by molar-refractivity contribution is 5.79. The van der Waals surface area contributed by atoms with Gasteiger partial charge in [0, 0.05) is 37.7 Å². The maximum Gasteiger partial charge on any atom is 0.324 e. The number of methoxy groups -OCH3 is 1. The second-order valence-electron chi connectivity index (χ2n) is 8.17. The molecule has 0 unspecified atom stereocenters. The second kappa shape index (κ2) is 8.41. The third-order valence-electron chi connectivity index (χ3n) is 6.32. The first kappa shape index (κ1) is 19.6. The smallest absolute Gasteiger partial charge is 0.324 e. The van der Waals surface area contributed by atoms with Crippen LogP contribution in [-0.4, -0.2) is 47.7 Å². The van der Waals surface area contributed by atoms with E-state index in [1.807, 2.05) is 29.2 Å². The first-order valence-electron chi connectivity index (χ1n) is 10.8. The lowest BCUT2D eigenvalue weighted by molar-refractivity contribution is -0.137. The lowest BCUT2D eigenvalue weighted by Gasteiger charge is -2.35. The molecule has 0 atom stereocenters. The topological polar surface area (TPSA) is 71.7 Å². The number of rotatable bonds is 4. The maximum atomic E-state index is 13.1. The number of anilines is 1. The van der Waals surface area contributed by atoms with E-state index in [4.69, 9.17) is 9.26 Å². The van der Waals surface area contributed by atoms with E-state index in [0.29, 0.717) is 11.8 Å². The molecule has 2 aliphatic rings. The van der Waals surface area contributed by atoms with Gasteiger partial charge in [-0.2, -0.15) is 4.98 Å². The van der Waals surface area contributed by atoms with Crippen molar-refractivity contribution in [2.45, 2.75) is 25.8 Å². The van der Waals surface area contributed by atoms with Crippen LogP contribution in [0.1, 0.15) is 24.0 Å². The highest BCUT2D eigenvalue weighted by Gasteiger charge is 2.31. The van der Waals surface area contributed by atoms with Gasteiger partial charge < -0.3 is 19.1 Å². The highest BCUT2D eigenvalue weighted by Crippen LogP contribution is 2.28. The van der Waals surface area contributed by atoms with E-state index in [1.54, 1.807) is 7.11 Å². The number of carbonyl (C=O) groups is 1. The first-order chi connectivity index (χ1) is 15.2. The summed E-state index contributed by atoms with van der Waals surface area (Å²) in [5, 5.41) is 4.12. The summed E-state index contributed by atoms with van der Waals surface area (Å²) in [7, 11) is 1.64. The summed E-state index contributed by atoms with van der Waals surface area (Å²) in [5.74, 6) is 1.68. The fourth-order valence-corrected chi connectivity index (χ4v) is 4.46. The Morgan fingerprint density at radius 2 is 1.77 bits per heavy atom. The Bertz CT molecular complexity index is 1050. The van der Waals surface area contributed by atoms with Crippen LogP contribution >= 0.6 is 0 Å². The molecule has 0 bridgehead atoms. The molecule has 2 aromatic carbocycles. The van der Waals surface area contributed by atoms with Crippen LogP contribution in [0.25, 0.3) is 11.4 Å². The van der Waals surface area contributed by atoms with Crippen molar-refractivity contribution in [1.29, 1.82) is 0 Å². The fraction of sp³-hybridized carbons (Fsp3) is 0.375. The number of benzene rings is 2. The molecule has 5 rings (SSSR count). The van der Waals surface area contributed by atoms with Gasteiger partial charge in [0.1, 0.15) is 5.75 Å². The van der Waals surface area contributed by atoms with Crippen LogP contribution in [0.3, 0.4) is 0 Å². The van der Waals surface area contributed by atoms with E-state index in [0.717, 1.165) is 56.8 Å². The summed E-state index contributed by atoms with van der Waals surface area (Å²) in [6.07, 6.45) is 2.55. The van der Waals surface area contributed by atoms with Crippen molar-refractivity contribution in [1.82, 2.24) is 15.0 Å². The summed E-state index contributed by atoms with van der Waals surface area (Å²) >= 11 is 0. The number of nitrogens with zero attached hydrogens (tertiary/aromatic N) is 4. The quantitative estimate of drug-likeness (QED) is 0.645. The van der Waals surface area contributed by atoms with Crippen molar-refractivity contribution in [3.63, 3.8) is 0 Å². The van der Waals surface area contributed by atoms with Crippen molar-refractivity contribution < 1.29 is 14.1 Å². The highest BCUT2D eigenvalue weighted by atomic mass is 16.5. The third-order valence-corrected chi connectivity index (χ3v) is 6.32. The van der Waals surface area contributed by atoms with Gasteiger partial charge in [0.25, 0.3) is 0 Å². The summed E-state index contributed by atoms with van der Waals surface area (Å²) in [5.41, 5.74) is 3.52. The zero-order valence-corrected chi connectivity index (χ0v) is 17.7. The van der Waals surface area contributed by atoms with Crippen LogP contribution in [0.15, 0.2) is 53.1 Å². The minimum absolute atomic E-state index is 0.0606. The average molecular weight is 418 g/mol. The molecular weight excluding hydrogens is 392 g/mol. The molecule has 7 heteroatoms. The number of hydrogen-bond donors (Lipinski definition) is 0. The molecule has 31 heavy (non-hydrogen) atoms. The molecule has 0 aliphatic carbocycles. The zero-order chi connectivity index (χ0) is 21.2. The van der Waals surface area contributed by atoms with Gasteiger partial charge in [-0.25, -0.2) is 0 Å². The monoisotopic (exact) mass is 418 g/mol.